The van der Waals surface area contributed by atoms with Crippen molar-refractivity contribution < 1.29 is 19.7 Å². The number of hydrogen-bond acceptors (Lipinski definition) is 5. The maximum absolute atomic E-state index is 12.3. The normalized spacial score (nSPS) is 15.8. The summed E-state index contributed by atoms with van der Waals surface area (Å²) in [6.07, 6.45) is -1.95. The molecule has 32 heavy (non-hydrogen) atoms. The van der Waals surface area contributed by atoms with Crippen LogP contribution in [0.4, 0.5) is 10.5 Å². The lowest BCUT2D eigenvalue weighted by Gasteiger charge is -2.20. The zero-order valence-corrected chi connectivity index (χ0v) is 17.6. The molecule has 0 saturated heterocycles. The van der Waals surface area contributed by atoms with Crippen molar-refractivity contribution in [1.29, 1.82) is 0 Å². The van der Waals surface area contributed by atoms with Gasteiger partial charge in [0, 0.05) is 24.7 Å². The van der Waals surface area contributed by atoms with Gasteiger partial charge in [-0.25, -0.2) is 4.79 Å². The minimum Gasteiger partial charge on any atom is -0.449 e. The highest BCUT2D eigenvalue weighted by atomic mass is 16.5. The second-order valence-corrected chi connectivity index (χ2v) is 8.31. The van der Waals surface area contributed by atoms with Gasteiger partial charge in [-0.05, 0) is 45.9 Å². The molecule has 0 saturated carbocycles. The number of alkyl carbamates (subject to hydrolysis) is 1. The number of anilines is 1. The molecule has 6 heteroatoms. The molecule has 5 rings (SSSR count). The molecular formula is C26H26N2O4. The van der Waals surface area contributed by atoms with Crippen molar-refractivity contribution in [2.24, 2.45) is 0 Å². The minimum absolute atomic E-state index is 0.0244. The summed E-state index contributed by atoms with van der Waals surface area (Å²) in [5, 5.41) is 26.7. The molecule has 0 bridgehead atoms. The van der Waals surface area contributed by atoms with E-state index in [2.05, 4.69) is 34.9 Å². The predicted molar refractivity (Wildman–Crippen MR) is 123 cm³/mol. The summed E-state index contributed by atoms with van der Waals surface area (Å²) in [5.41, 5.74) is 7.44. The van der Waals surface area contributed by atoms with Gasteiger partial charge in [0.25, 0.3) is 0 Å². The first-order chi connectivity index (χ1) is 15.6. The summed E-state index contributed by atoms with van der Waals surface area (Å²) >= 11 is 0. The zero-order chi connectivity index (χ0) is 22.1. The lowest BCUT2D eigenvalue weighted by molar-refractivity contribution is 0.0185. The van der Waals surface area contributed by atoms with Gasteiger partial charge >= 0.3 is 6.09 Å². The minimum atomic E-state index is -1.14. The van der Waals surface area contributed by atoms with E-state index in [1.54, 1.807) is 6.07 Å². The molecule has 1 aliphatic heterocycles. The molecule has 2 aliphatic rings. The molecule has 0 spiro atoms. The number of benzene rings is 3. The number of carbonyl (C=O) groups is 1. The van der Waals surface area contributed by atoms with Gasteiger partial charge in [-0.1, -0.05) is 60.7 Å². The molecule has 1 amide bonds. The fourth-order valence-electron chi connectivity index (χ4n) is 4.68. The maximum atomic E-state index is 12.3. The summed E-state index contributed by atoms with van der Waals surface area (Å²) < 4.78 is 5.48. The van der Waals surface area contributed by atoms with Gasteiger partial charge in [0.2, 0.25) is 0 Å². The van der Waals surface area contributed by atoms with Crippen LogP contribution in [0.1, 0.15) is 34.3 Å². The van der Waals surface area contributed by atoms with E-state index in [1.165, 1.54) is 11.1 Å². The molecule has 164 valence electrons. The maximum Gasteiger partial charge on any atom is 0.407 e. The van der Waals surface area contributed by atoms with Crippen LogP contribution < -0.4 is 10.6 Å². The third-order valence-electron chi connectivity index (χ3n) is 6.34. The summed E-state index contributed by atoms with van der Waals surface area (Å²) in [5.74, 6) is -0.0244. The van der Waals surface area contributed by atoms with E-state index >= 15 is 0 Å². The second-order valence-electron chi connectivity index (χ2n) is 8.31. The van der Waals surface area contributed by atoms with Gasteiger partial charge < -0.3 is 25.6 Å². The van der Waals surface area contributed by atoms with Crippen LogP contribution in [0.15, 0.2) is 66.7 Å². The number of carbonyl (C=O) groups excluding carboxylic acids is 1. The quantitative estimate of drug-likeness (QED) is 0.480. The Morgan fingerprint density at radius 3 is 2.44 bits per heavy atom. The van der Waals surface area contributed by atoms with Crippen LogP contribution in [0, 0.1) is 0 Å². The lowest BCUT2D eigenvalue weighted by Crippen LogP contribution is -2.36. The van der Waals surface area contributed by atoms with Crippen molar-refractivity contribution in [3.63, 3.8) is 0 Å². The molecule has 3 aromatic carbocycles. The molecule has 3 aromatic rings. The molecule has 1 aliphatic carbocycles. The van der Waals surface area contributed by atoms with E-state index in [0.29, 0.717) is 5.56 Å². The first-order valence-corrected chi connectivity index (χ1v) is 10.9. The number of rotatable bonds is 6. The van der Waals surface area contributed by atoms with E-state index in [9.17, 15) is 15.0 Å². The first kappa shape index (κ1) is 20.5. The highest BCUT2D eigenvalue weighted by molar-refractivity contribution is 5.79. The Bertz CT molecular complexity index is 1100. The average Bonchev–Trinajstić information content (AvgIpc) is 3.42. The molecule has 2 unspecified atom stereocenters. The zero-order valence-electron chi connectivity index (χ0n) is 17.6. The van der Waals surface area contributed by atoms with Crippen LogP contribution >= 0.6 is 0 Å². The van der Waals surface area contributed by atoms with Crippen LogP contribution in [0.2, 0.25) is 0 Å². The Morgan fingerprint density at radius 1 is 1.03 bits per heavy atom. The number of aliphatic hydroxyl groups excluding tert-OH is 2. The number of amides is 1. The van der Waals surface area contributed by atoms with E-state index < -0.39 is 18.3 Å². The molecule has 1 heterocycles. The number of nitrogens with one attached hydrogen (secondary N) is 2. The molecule has 0 fully saturated rings. The largest absolute Gasteiger partial charge is 0.449 e. The van der Waals surface area contributed by atoms with E-state index in [1.807, 2.05) is 36.4 Å². The number of ether oxygens (including phenoxy) is 1. The molecule has 4 N–H and O–H groups in total. The molecule has 0 aromatic heterocycles. The molecule has 6 nitrogen and oxygen atoms in total. The van der Waals surface area contributed by atoms with Crippen LogP contribution in [0.5, 0.6) is 0 Å². The fraction of sp³-hybridized carbons (Fsp3) is 0.269. The third-order valence-corrected chi connectivity index (χ3v) is 6.34. The van der Waals surface area contributed by atoms with Crippen molar-refractivity contribution in [2.75, 3.05) is 25.0 Å². The smallest absolute Gasteiger partial charge is 0.407 e. The Morgan fingerprint density at radius 2 is 1.72 bits per heavy atom. The Labute approximate surface area is 186 Å². The van der Waals surface area contributed by atoms with E-state index in [4.69, 9.17) is 4.74 Å². The molecule has 0 radical (unpaired) electrons. The molecule has 2 atom stereocenters. The van der Waals surface area contributed by atoms with Gasteiger partial charge in [0.05, 0.1) is 0 Å². The Balaban J connectivity index is 1.17. The summed E-state index contributed by atoms with van der Waals surface area (Å²) in [6.45, 7) is 0.976. The van der Waals surface area contributed by atoms with Crippen LogP contribution in [0.3, 0.4) is 0 Å². The topological polar surface area (TPSA) is 90.8 Å². The summed E-state index contributed by atoms with van der Waals surface area (Å²) in [7, 11) is 0. The van der Waals surface area contributed by atoms with Crippen molar-refractivity contribution >= 4 is 11.8 Å². The lowest BCUT2D eigenvalue weighted by atomic mass is 9.98. The second kappa shape index (κ2) is 8.65. The van der Waals surface area contributed by atoms with Gasteiger partial charge in [0.1, 0.15) is 18.8 Å². The standard InChI is InChI=1S/C26H26N2O4/c29-24(25(30)17-9-10-23-16(13-17)11-12-27-23)14-28-26(31)32-15-22-20-7-3-1-5-18(20)19-6-2-4-8-21(19)22/h1-10,13,22,24-25,27,29-30H,11-12,14-15H2,(H,28,31). The van der Waals surface area contributed by atoms with E-state index in [-0.39, 0.29) is 19.1 Å². The molecular weight excluding hydrogens is 404 g/mol. The van der Waals surface area contributed by atoms with Gasteiger partial charge in [-0.3, -0.25) is 0 Å². The van der Waals surface area contributed by atoms with Gasteiger partial charge in [-0.2, -0.15) is 0 Å². The summed E-state index contributed by atoms with van der Waals surface area (Å²) in [6, 6.07) is 21.9. The third kappa shape index (κ3) is 3.83. The van der Waals surface area contributed by atoms with Crippen molar-refractivity contribution in [3.05, 3.63) is 89.0 Å². The average molecular weight is 431 g/mol. The first-order valence-electron chi connectivity index (χ1n) is 10.9. The van der Waals surface area contributed by atoms with Crippen LogP contribution in [0.25, 0.3) is 11.1 Å². The SMILES string of the molecule is O=C(NCC(O)C(O)c1ccc2c(c1)CCN2)OCC1c2ccccc2-c2ccccc21. The number of aliphatic hydroxyl groups is 2. The number of fused-ring (bicyclic) bond motifs is 4. The van der Waals surface area contributed by atoms with Crippen molar-refractivity contribution in [2.45, 2.75) is 24.5 Å². The van der Waals surface area contributed by atoms with Gasteiger partial charge in [0.15, 0.2) is 0 Å². The van der Waals surface area contributed by atoms with E-state index in [0.717, 1.165) is 35.3 Å². The Hall–Kier alpha value is -3.35. The van der Waals surface area contributed by atoms with Crippen molar-refractivity contribution in [3.8, 4) is 11.1 Å². The predicted octanol–water partition coefficient (Wildman–Crippen LogP) is 3.59. The number of hydrogen-bond donors (Lipinski definition) is 4. The summed E-state index contributed by atoms with van der Waals surface area (Å²) in [4.78, 5) is 12.3. The fourth-order valence-corrected chi connectivity index (χ4v) is 4.68. The highest BCUT2D eigenvalue weighted by Crippen LogP contribution is 2.44. The Kier molecular flexibility index (Phi) is 5.55. The highest BCUT2D eigenvalue weighted by Gasteiger charge is 2.29. The monoisotopic (exact) mass is 430 g/mol. The van der Waals surface area contributed by atoms with Crippen LogP contribution in [-0.4, -0.2) is 42.1 Å². The van der Waals surface area contributed by atoms with Gasteiger partial charge in [-0.15, -0.1) is 0 Å². The van der Waals surface area contributed by atoms with Crippen LogP contribution in [-0.2, 0) is 11.2 Å². The van der Waals surface area contributed by atoms with Crippen molar-refractivity contribution in [1.82, 2.24) is 5.32 Å².